The van der Waals surface area contributed by atoms with E-state index in [-0.39, 0.29) is 4.90 Å². The number of rotatable bonds is 2. The molecule has 0 bridgehead atoms. The Balaban J connectivity index is 2.94. The van der Waals surface area contributed by atoms with Crippen molar-refractivity contribution >= 4 is 42.4 Å². The van der Waals surface area contributed by atoms with Gasteiger partial charge >= 0.3 is 0 Å². The van der Waals surface area contributed by atoms with Crippen molar-refractivity contribution in [2.24, 2.45) is 5.14 Å². The minimum Gasteiger partial charge on any atom is -0.387 e. The molecule has 0 saturated carbocycles. The van der Waals surface area contributed by atoms with E-state index in [4.69, 9.17) is 5.14 Å². The molecule has 3 N–H and O–H groups in total. The lowest BCUT2D eigenvalue weighted by molar-refractivity contribution is 0.598. The van der Waals surface area contributed by atoms with Crippen LogP contribution in [0.4, 0.5) is 5.69 Å². The van der Waals surface area contributed by atoms with Gasteiger partial charge in [-0.15, -0.1) is 0 Å². The zero-order chi connectivity index (χ0) is 12.6. The van der Waals surface area contributed by atoms with Crippen molar-refractivity contribution in [1.29, 1.82) is 0 Å². The average Bonchev–Trinajstić information content (AvgIpc) is 2.26. The van der Waals surface area contributed by atoms with Gasteiger partial charge in [-0.05, 0) is 28.1 Å². The van der Waals surface area contributed by atoms with Crippen LogP contribution in [0.1, 0.15) is 0 Å². The summed E-state index contributed by atoms with van der Waals surface area (Å²) in [5.74, 6) is 0. The normalized spacial score (nSPS) is 11.7. The first-order valence-electron chi connectivity index (χ1n) is 4.87. The SMILES string of the molecule is CNc1c(Br)ccc2c(S(N)(=O)=O)cccc12. The van der Waals surface area contributed by atoms with E-state index in [1.165, 1.54) is 6.07 Å². The molecule has 0 aliphatic rings. The molecule has 0 radical (unpaired) electrons. The quantitative estimate of drug-likeness (QED) is 0.893. The lowest BCUT2D eigenvalue weighted by atomic mass is 10.1. The van der Waals surface area contributed by atoms with Crippen molar-refractivity contribution in [3.8, 4) is 0 Å². The first kappa shape index (κ1) is 12.3. The Morgan fingerprint density at radius 3 is 2.47 bits per heavy atom. The highest BCUT2D eigenvalue weighted by Gasteiger charge is 2.14. The van der Waals surface area contributed by atoms with Crippen molar-refractivity contribution in [2.75, 3.05) is 12.4 Å². The number of halogens is 1. The number of hydrogen-bond acceptors (Lipinski definition) is 3. The Morgan fingerprint density at radius 2 is 1.88 bits per heavy atom. The molecule has 0 unspecified atom stereocenters. The molecule has 2 aromatic carbocycles. The van der Waals surface area contributed by atoms with Crippen LogP contribution < -0.4 is 10.5 Å². The van der Waals surface area contributed by atoms with E-state index < -0.39 is 10.0 Å². The Hall–Kier alpha value is -1.11. The Labute approximate surface area is 108 Å². The summed E-state index contributed by atoms with van der Waals surface area (Å²) in [6.45, 7) is 0. The molecule has 0 aliphatic heterocycles. The fourth-order valence-electron chi connectivity index (χ4n) is 1.80. The summed E-state index contributed by atoms with van der Waals surface area (Å²) in [5.41, 5.74) is 0.841. The van der Waals surface area contributed by atoms with Crippen LogP contribution in [0.5, 0.6) is 0 Å². The largest absolute Gasteiger partial charge is 0.387 e. The third-order valence-electron chi connectivity index (χ3n) is 2.53. The Morgan fingerprint density at radius 1 is 1.18 bits per heavy atom. The van der Waals surface area contributed by atoms with E-state index in [0.29, 0.717) is 5.39 Å². The van der Waals surface area contributed by atoms with Crippen LogP contribution in [0.2, 0.25) is 0 Å². The van der Waals surface area contributed by atoms with Gasteiger partial charge in [-0.3, -0.25) is 0 Å². The highest BCUT2D eigenvalue weighted by Crippen LogP contribution is 2.33. The second-order valence-corrected chi connectivity index (χ2v) is 5.95. The lowest BCUT2D eigenvalue weighted by Crippen LogP contribution is -2.12. The number of nitrogens with one attached hydrogen (secondary N) is 1. The van der Waals surface area contributed by atoms with Gasteiger partial charge in [0.05, 0.1) is 10.6 Å². The second kappa shape index (κ2) is 4.29. The van der Waals surface area contributed by atoms with Crippen LogP contribution in [0.15, 0.2) is 39.7 Å². The summed E-state index contributed by atoms with van der Waals surface area (Å²) < 4.78 is 23.8. The maximum absolute atomic E-state index is 11.5. The molecule has 6 heteroatoms. The predicted molar refractivity (Wildman–Crippen MR) is 72.6 cm³/mol. The first-order valence-corrected chi connectivity index (χ1v) is 7.21. The molecule has 0 fully saturated rings. The summed E-state index contributed by atoms with van der Waals surface area (Å²) in [6, 6.07) is 8.56. The third-order valence-corrected chi connectivity index (χ3v) is 4.16. The van der Waals surface area contributed by atoms with Crippen molar-refractivity contribution in [3.63, 3.8) is 0 Å². The van der Waals surface area contributed by atoms with E-state index in [9.17, 15) is 8.42 Å². The molecule has 17 heavy (non-hydrogen) atoms. The molecule has 0 heterocycles. The fraction of sp³-hybridized carbons (Fsp3) is 0.0909. The van der Waals surface area contributed by atoms with Crippen molar-refractivity contribution < 1.29 is 8.42 Å². The molecule has 2 aromatic rings. The summed E-state index contributed by atoms with van der Waals surface area (Å²) >= 11 is 3.41. The monoisotopic (exact) mass is 314 g/mol. The van der Waals surface area contributed by atoms with Crippen LogP contribution in [-0.2, 0) is 10.0 Å². The number of primary sulfonamides is 1. The summed E-state index contributed by atoms with van der Waals surface area (Å²) in [6.07, 6.45) is 0. The van der Waals surface area contributed by atoms with Crippen molar-refractivity contribution in [3.05, 3.63) is 34.8 Å². The van der Waals surface area contributed by atoms with Gasteiger partial charge in [0.2, 0.25) is 10.0 Å². The minimum atomic E-state index is -3.71. The Bertz CT molecular complexity index is 683. The maximum atomic E-state index is 11.5. The Kier molecular flexibility index (Phi) is 3.11. The molecular weight excluding hydrogens is 304 g/mol. The van der Waals surface area contributed by atoms with E-state index >= 15 is 0 Å². The number of hydrogen-bond donors (Lipinski definition) is 2. The molecule has 2 rings (SSSR count). The molecule has 0 spiro atoms. The maximum Gasteiger partial charge on any atom is 0.238 e. The van der Waals surface area contributed by atoms with Crippen molar-refractivity contribution in [1.82, 2.24) is 0 Å². The van der Waals surface area contributed by atoms with Crippen LogP contribution >= 0.6 is 15.9 Å². The highest BCUT2D eigenvalue weighted by atomic mass is 79.9. The van der Waals surface area contributed by atoms with Gasteiger partial charge in [-0.1, -0.05) is 18.2 Å². The molecule has 0 aromatic heterocycles. The predicted octanol–water partition coefficient (Wildman–Crippen LogP) is 2.29. The smallest absolute Gasteiger partial charge is 0.238 e. The third kappa shape index (κ3) is 2.15. The molecular formula is C11H11BrN2O2S. The number of sulfonamides is 1. The van der Waals surface area contributed by atoms with E-state index in [1.807, 2.05) is 6.07 Å². The van der Waals surface area contributed by atoms with Crippen LogP contribution in [0.3, 0.4) is 0 Å². The second-order valence-electron chi connectivity index (χ2n) is 3.57. The van der Waals surface area contributed by atoms with Crippen LogP contribution in [0, 0.1) is 0 Å². The number of fused-ring (bicyclic) bond motifs is 1. The molecule has 90 valence electrons. The van der Waals surface area contributed by atoms with E-state index in [1.54, 1.807) is 25.2 Å². The molecule has 0 atom stereocenters. The zero-order valence-electron chi connectivity index (χ0n) is 9.07. The summed E-state index contributed by atoms with van der Waals surface area (Å²) in [4.78, 5) is 0.138. The van der Waals surface area contributed by atoms with Gasteiger partial charge < -0.3 is 5.32 Å². The van der Waals surface area contributed by atoms with Gasteiger partial charge in [0.25, 0.3) is 0 Å². The molecule has 0 aliphatic carbocycles. The van der Waals surface area contributed by atoms with E-state index in [0.717, 1.165) is 15.5 Å². The first-order chi connectivity index (χ1) is 7.95. The number of benzene rings is 2. The standard InChI is InChI=1S/C11H11BrN2O2S/c1-14-11-8-3-2-4-10(17(13,15)16)7(8)5-6-9(11)12/h2-6,14H,1H3,(H2,13,15,16). The fourth-order valence-corrected chi connectivity index (χ4v) is 3.10. The topological polar surface area (TPSA) is 72.2 Å². The summed E-state index contributed by atoms with van der Waals surface area (Å²) in [5, 5.41) is 9.65. The lowest BCUT2D eigenvalue weighted by Gasteiger charge is -2.10. The number of nitrogens with two attached hydrogens (primary N) is 1. The van der Waals surface area contributed by atoms with E-state index in [2.05, 4.69) is 21.2 Å². The van der Waals surface area contributed by atoms with Crippen molar-refractivity contribution in [2.45, 2.75) is 4.90 Å². The van der Waals surface area contributed by atoms with Gasteiger partial charge in [0.15, 0.2) is 0 Å². The number of anilines is 1. The molecule has 0 amide bonds. The average molecular weight is 315 g/mol. The minimum absolute atomic E-state index is 0.138. The van der Waals surface area contributed by atoms with Crippen LogP contribution in [-0.4, -0.2) is 15.5 Å². The highest BCUT2D eigenvalue weighted by molar-refractivity contribution is 9.10. The van der Waals surface area contributed by atoms with Gasteiger partial charge in [0, 0.05) is 22.3 Å². The van der Waals surface area contributed by atoms with Gasteiger partial charge in [0.1, 0.15) is 0 Å². The van der Waals surface area contributed by atoms with Crippen LogP contribution in [0.25, 0.3) is 10.8 Å². The zero-order valence-corrected chi connectivity index (χ0v) is 11.5. The van der Waals surface area contributed by atoms with Gasteiger partial charge in [-0.25, -0.2) is 13.6 Å². The summed E-state index contributed by atoms with van der Waals surface area (Å²) in [7, 11) is -1.93. The molecule has 4 nitrogen and oxygen atoms in total. The van der Waals surface area contributed by atoms with Gasteiger partial charge in [-0.2, -0.15) is 0 Å². The molecule has 0 saturated heterocycles.